The van der Waals surface area contributed by atoms with Crippen molar-refractivity contribution in [2.75, 3.05) is 5.43 Å². The Morgan fingerprint density at radius 2 is 2.24 bits per heavy atom. The summed E-state index contributed by atoms with van der Waals surface area (Å²) in [6, 6.07) is 4.33. The van der Waals surface area contributed by atoms with Gasteiger partial charge in [0.1, 0.15) is 6.04 Å². The quantitative estimate of drug-likeness (QED) is 0.739. The summed E-state index contributed by atoms with van der Waals surface area (Å²) in [5.74, 6) is -0.0854. The average Bonchev–Trinajstić information content (AvgIpc) is 2.99. The van der Waals surface area contributed by atoms with E-state index < -0.39 is 6.03 Å². The van der Waals surface area contributed by atoms with Crippen molar-refractivity contribution >= 4 is 17.5 Å². The van der Waals surface area contributed by atoms with Crippen LogP contribution in [0.2, 0.25) is 0 Å². The highest BCUT2D eigenvalue weighted by Gasteiger charge is 2.41. The number of anilines is 1. The highest BCUT2D eigenvalue weighted by Crippen LogP contribution is 2.47. The first-order valence-electron chi connectivity index (χ1n) is 6.76. The lowest BCUT2D eigenvalue weighted by molar-refractivity contribution is 0.103. The topological polar surface area (TPSA) is 109 Å². The van der Waals surface area contributed by atoms with Crippen molar-refractivity contribution in [3.8, 4) is 0 Å². The van der Waals surface area contributed by atoms with Crippen LogP contribution in [0.15, 0.2) is 39.7 Å². The Bertz CT molecular complexity index is 693. The number of azo groups is 1. The highest BCUT2D eigenvalue weighted by molar-refractivity contribution is 6.18. The number of carbonyl (C=O) groups excluding carboxylic acids is 2. The van der Waals surface area contributed by atoms with E-state index in [0.717, 1.165) is 24.1 Å². The third kappa shape index (κ3) is 2.06. The summed E-state index contributed by atoms with van der Waals surface area (Å²) >= 11 is 0. The van der Waals surface area contributed by atoms with Crippen molar-refractivity contribution in [1.29, 1.82) is 0 Å². The molecule has 2 amide bonds. The molecule has 7 heteroatoms. The van der Waals surface area contributed by atoms with E-state index in [-0.39, 0.29) is 11.8 Å². The summed E-state index contributed by atoms with van der Waals surface area (Å²) < 4.78 is 0. The minimum Gasteiger partial charge on any atom is -0.350 e. The molecule has 1 atom stereocenters. The Labute approximate surface area is 121 Å². The number of nitrogens with two attached hydrogens (primary N) is 1. The molecule has 7 nitrogen and oxygen atoms in total. The van der Waals surface area contributed by atoms with E-state index in [4.69, 9.17) is 5.73 Å². The molecule has 0 aromatic heterocycles. The van der Waals surface area contributed by atoms with Gasteiger partial charge in [0.15, 0.2) is 5.78 Å². The molecule has 0 saturated heterocycles. The number of hydrogen-bond acceptors (Lipinski definition) is 5. The van der Waals surface area contributed by atoms with Crippen molar-refractivity contribution < 1.29 is 9.59 Å². The maximum Gasteiger partial charge on any atom is 0.330 e. The van der Waals surface area contributed by atoms with E-state index in [0.29, 0.717) is 16.8 Å². The van der Waals surface area contributed by atoms with E-state index in [1.165, 1.54) is 0 Å². The van der Waals surface area contributed by atoms with Crippen LogP contribution in [0.1, 0.15) is 41.7 Å². The Morgan fingerprint density at radius 3 is 2.95 bits per heavy atom. The van der Waals surface area contributed by atoms with Gasteiger partial charge in [-0.3, -0.25) is 15.6 Å². The SMILES string of the molecule is CCCC1=C2C(=O)c3c(NNC(N)=O)cccc3C2N=N1. The Morgan fingerprint density at radius 1 is 1.43 bits per heavy atom. The number of fused-ring (bicyclic) bond motifs is 3. The van der Waals surface area contributed by atoms with Crippen molar-refractivity contribution in [1.82, 2.24) is 5.43 Å². The molecule has 1 aromatic rings. The molecule has 3 rings (SSSR count). The van der Waals surface area contributed by atoms with Gasteiger partial charge in [-0.2, -0.15) is 10.2 Å². The number of ketones is 1. The lowest BCUT2D eigenvalue weighted by Gasteiger charge is -2.10. The first-order chi connectivity index (χ1) is 10.1. The Kier molecular flexibility index (Phi) is 3.17. The second-order valence-electron chi connectivity index (χ2n) is 4.94. The molecule has 1 aliphatic carbocycles. The maximum atomic E-state index is 12.7. The molecule has 108 valence electrons. The van der Waals surface area contributed by atoms with Gasteiger partial charge in [0.05, 0.1) is 22.5 Å². The van der Waals surface area contributed by atoms with Crippen molar-refractivity contribution in [3.63, 3.8) is 0 Å². The minimum absolute atomic E-state index is 0.0854. The fourth-order valence-corrected chi connectivity index (χ4v) is 2.71. The first kappa shape index (κ1) is 13.3. The Balaban J connectivity index is 2.02. The van der Waals surface area contributed by atoms with Crippen molar-refractivity contribution in [3.05, 3.63) is 40.6 Å². The molecule has 0 radical (unpaired) electrons. The molecule has 2 aliphatic rings. The predicted octanol–water partition coefficient (Wildman–Crippen LogP) is 2.44. The molecule has 21 heavy (non-hydrogen) atoms. The van der Waals surface area contributed by atoms with Gasteiger partial charge >= 0.3 is 6.03 Å². The zero-order valence-electron chi connectivity index (χ0n) is 11.5. The van der Waals surface area contributed by atoms with Gasteiger partial charge < -0.3 is 5.73 Å². The Hall–Kier alpha value is -2.70. The number of nitrogens with one attached hydrogen (secondary N) is 2. The summed E-state index contributed by atoms with van der Waals surface area (Å²) in [6.07, 6.45) is 1.64. The zero-order valence-corrected chi connectivity index (χ0v) is 11.5. The number of allylic oxidation sites excluding steroid dienone is 1. The van der Waals surface area contributed by atoms with Crippen LogP contribution >= 0.6 is 0 Å². The van der Waals surface area contributed by atoms with Gasteiger partial charge in [0.25, 0.3) is 0 Å². The molecule has 1 aliphatic heterocycles. The molecular weight excluding hydrogens is 270 g/mol. The summed E-state index contributed by atoms with van der Waals surface area (Å²) in [7, 11) is 0. The molecule has 1 heterocycles. The second kappa shape index (κ2) is 5.01. The van der Waals surface area contributed by atoms with Crippen molar-refractivity contribution in [2.45, 2.75) is 25.8 Å². The van der Waals surface area contributed by atoms with E-state index in [1.807, 2.05) is 13.0 Å². The zero-order chi connectivity index (χ0) is 15.0. The largest absolute Gasteiger partial charge is 0.350 e. The van der Waals surface area contributed by atoms with Gasteiger partial charge in [-0.25, -0.2) is 4.79 Å². The van der Waals surface area contributed by atoms with Crippen LogP contribution in [0.5, 0.6) is 0 Å². The number of amides is 2. The normalized spacial score (nSPS) is 18.7. The number of urea groups is 1. The minimum atomic E-state index is -0.719. The number of hydrazine groups is 1. The van der Waals surface area contributed by atoms with E-state index >= 15 is 0 Å². The van der Waals surface area contributed by atoms with E-state index in [2.05, 4.69) is 21.1 Å². The monoisotopic (exact) mass is 285 g/mol. The number of carbonyl (C=O) groups is 2. The number of benzene rings is 1. The number of hydrogen-bond donors (Lipinski definition) is 3. The molecule has 0 fully saturated rings. The fourth-order valence-electron chi connectivity index (χ4n) is 2.71. The number of Topliss-reactive ketones (excluding diaryl/α,β-unsaturated/α-hetero) is 1. The lowest BCUT2D eigenvalue weighted by atomic mass is 10.0. The maximum absolute atomic E-state index is 12.7. The third-order valence-electron chi connectivity index (χ3n) is 3.55. The number of rotatable bonds is 4. The molecule has 4 N–H and O–H groups in total. The van der Waals surface area contributed by atoms with Crippen LogP contribution < -0.4 is 16.6 Å². The van der Waals surface area contributed by atoms with Gasteiger partial charge in [-0.1, -0.05) is 25.5 Å². The van der Waals surface area contributed by atoms with Gasteiger partial charge in [0.2, 0.25) is 0 Å². The first-order valence-corrected chi connectivity index (χ1v) is 6.76. The van der Waals surface area contributed by atoms with E-state index in [1.54, 1.807) is 12.1 Å². The van der Waals surface area contributed by atoms with Crippen LogP contribution in [0.3, 0.4) is 0 Å². The fraction of sp³-hybridized carbons (Fsp3) is 0.286. The molecular formula is C14H15N5O2. The average molecular weight is 285 g/mol. The second-order valence-corrected chi connectivity index (χ2v) is 4.94. The molecule has 0 spiro atoms. The van der Waals surface area contributed by atoms with Gasteiger partial charge in [-0.05, 0) is 18.1 Å². The standard InChI is InChI=1S/C14H15N5O2/c1-2-4-8-11-12(18-16-8)7-5-3-6-9(10(7)13(11)20)17-19-14(15)21/h3,5-6,12,17H,2,4H2,1H3,(H3,15,19,21). The van der Waals surface area contributed by atoms with Crippen LogP contribution in [0, 0.1) is 0 Å². The van der Waals surface area contributed by atoms with Crippen LogP contribution in [-0.4, -0.2) is 11.8 Å². The molecule has 1 aromatic carbocycles. The van der Waals surface area contributed by atoms with E-state index in [9.17, 15) is 9.59 Å². The summed E-state index contributed by atoms with van der Waals surface area (Å²) in [5.41, 5.74) is 13.3. The lowest BCUT2D eigenvalue weighted by Crippen LogP contribution is -2.34. The third-order valence-corrected chi connectivity index (χ3v) is 3.55. The van der Waals surface area contributed by atoms with Crippen LogP contribution in [0.25, 0.3) is 0 Å². The summed E-state index contributed by atoms with van der Waals surface area (Å²) in [4.78, 5) is 23.5. The number of primary amides is 1. The summed E-state index contributed by atoms with van der Waals surface area (Å²) in [6.45, 7) is 2.03. The highest BCUT2D eigenvalue weighted by atomic mass is 16.2. The van der Waals surface area contributed by atoms with Gasteiger partial charge in [-0.15, -0.1) is 0 Å². The summed E-state index contributed by atoms with van der Waals surface area (Å²) in [5, 5.41) is 8.35. The predicted molar refractivity (Wildman–Crippen MR) is 76.6 cm³/mol. The van der Waals surface area contributed by atoms with Crippen molar-refractivity contribution in [2.24, 2.45) is 16.0 Å². The molecule has 1 unspecified atom stereocenters. The number of nitrogens with zero attached hydrogens (tertiary/aromatic N) is 2. The molecule has 0 saturated carbocycles. The molecule has 0 bridgehead atoms. The van der Waals surface area contributed by atoms with Crippen LogP contribution in [0.4, 0.5) is 10.5 Å². The van der Waals surface area contributed by atoms with Gasteiger partial charge in [0, 0.05) is 0 Å². The van der Waals surface area contributed by atoms with Crippen LogP contribution in [-0.2, 0) is 0 Å². The smallest absolute Gasteiger partial charge is 0.330 e.